The van der Waals surface area contributed by atoms with Crippen LogP contribution in [-0.4, -0.2) is 43.9 Å². The fraction of sp³-hybridized carbons (Fsp3) is 0.571. The van der Waals surface area contributed by atoms with Gasteiger partial charge in [-0.25, -0.2) is 8.42 Å². The lowest BCUT2D eigenvalue weighted by atomic mass is 10.1. The SMILES string of the molecule is Cc1ccc(S(=O)(=O)N2CC(C)OC(CCl)C2)cc1C. The summed E-state index contributed by atoms with van der Waals surface area (Å²) in [5.41, 5.74) is 2.05. The van der Waals surface area contributed by atoms with E-state index in [-0.39, 0.29) is 12.2 Å². The third kappa shape index (κ3) is 3.17. The van der Waals surface area contributed by atoms with Crippen LogP contribution in [0, 0.1) is 13.8 Å². The molecule has 1 fully saturated rings. The minimum Gasteiger partial charge on any atom is -0.371 e. The Morgan fingerprint density at radius 1 is 1.30 bits per heavy atom. The van der Waals surface area contributed by atoms with E-state index < -0.39 is 10.0 Å². The van der Waals surface area contributed by atoms with E-state index in [1.165, 1.54) is 4.31 Å². The van der Waals surface area contributed by atoms with Gasteiger partial charge in [-0.05, 0) is 44.0 Å². The maximum atomic E-state index is 12.7. The van der Waals surface area contributed by atoms with Crippen LogP contribution in [0.3, 0.4) is 0 Å². The van der Waals surface area contributed by atoms with Gasteiger partial charge in [-0.2, -0.15) is 4.31 Å². The minimum absolute atomic E-state index is 0.145. The molecule has 0 bridgehead atoms. The summed E-state index contributed by atoms with van der Waals surface area (Å²) in [5, 5.41) is 0. The largest absolute Gasteiger partial charge is 0.371 e. The number of aryl methyl sites for hydroxylation is 2. The third-order valence-electron chi connectivity index (χ3n) is 3.58. The molecule has 6 heteroatoms. The van der Waals surface area contributed by atoms with E-state index in [9.17, 15) is 8.42 Å². The second-order valence-electron chi connectivity index (χ2n) is 5.29. The number of hydrogen-bond acceptors (Lipinski definition) is 3. The molecule has 1 aromatic carbocycles. The summed E-state index contributed by atoms with van der Waals surface area (Å²) < 4.78 is 32.4. The molecule has 0 amide bonds. The molecule has 0 spiro atoms. The number of morpholine rings is 1. The van der Waals surface area contributed by atoms with Gasteiger partial charge in [0.25, 0.3) is 0 Å². The van der Waals surface area contributed by atoms with Crippen LogP contribution in [-0.2, 0) is 14.8 Å². The van der Waals surface area contributed by atoms with E-state index in [2.05, 4.69) is 0 Å². The average molecular weight is 318 g/mol. The molecule has 20 heavy (non-hydrogen) atoms. The fourth-order valence-electron chi connectivity index (χ4n) is 2.31. The molecule has 0 aliphatic carbocycles. The Balaban J connectivity index is 2.31. The van der Waals surface area contributed by atoms with Crippen molar-refractivity contribution in [2.24, 2.45) is 0 Å². The van der Waals surface area contributed by atoms with Crippen LogP contribution < -0.4 is 0 Å². The molecule has 2 atom stereocenters. The zero-order chi connectivity index (χ0) is 14.9. The Morgan fingerprint density at radius 2 is 2.00 bits per heavy atom. The molecule has 0 N–H and O–H groups in total. The van der Waals surface area contributed by atoms with Crippen molar-refractivity contribution in [1.82, 2.24) is 4.31 Å². The van der Waals surface area contributed by atoms with Gasteiger partial charge >= 0.3 is 0 Å². The fourth-order valence-corrected chi connectivity index (χ4v) is 4.11. The van der Waals surface area contributed by atoms with Crippen LogP contribution in [0.4, 0.5) is 0 Å². The van der Waals surface area contributed by atoms with Gasteiger partial charge in [0.2, 0.25) is 10.0 Å². The van der Waals surface area contributed by atoms with Crippen molar-refractivity contribution >= 4 is 21.6 Å². The zero-order valence-electron chi connectivity index (χ0n) is 12.0. The lowest BCUT2D eigenvalue weighted by molar-refractivity contribution is -0.0423. The highest BCUT2D eigenvalue weighted by Gasteiger charge is 2.33. The van der Waals surface area contributed by atoms with Crippen LogP contribution in [0.1, 0.15) is 18.1 Å². The van der Waals surface area contributed by atoms with Crippen molar-refractivity contribution in [1.29, 1.82) is 0 Å². The lowest BCUT2D eigenvalue weighted by Gasteiger charge is -2.35. The summed E-state index contributed by atoms with van der Waals surface area (Å²) in [4.78, 5) is 0.336. The standard InChI is InChI=1S/C14H20ClNO3S/c1-10-4-5-14(6-11(10)2)20(17,18)16-8-12(3)19-13(7-15)9-16/h4-6,12-13H,7-9H2,1-3H3. The number of sulfonamides is 1. The third-order valence-corrected chi connectivity index (χ3v) is 5.75. The smallest absolute Gasteiger partial charge is 0.243 e. The lowest BCUT2D eigenvalue weighted by Crippen LogP contribution is -2.49. The highest BCUT2D eigenvalue weighted by Crippen LogP contribution is 2.23. The van der Waals surface area contributed by atoms with E-state index in [1.54, 1.807) is 12.1 Å². The van der Waals surface area contributed by atoms with Gasteiger partial charge < -0.3 is 4.74 Å². The summed E-state index contributed by atoms with van der Waals surface area (Å²) in [5.74, 6) is 0.295. The summed E-state index contributed by atoms with van der Waals surface area (Å²) in [6.45, 7) is 6.41. The maximum Gasteiger partial charge on any atom is 0.243 e. The van der Waals surface area contributed by atoms with Gasteiger partial charge in [-0.15, -0.1) is 11.6 Å². The topological polar surface area (TPSA) is 46.6 Å². The van der Waals surface area contributed by atoms with Gasteiger partial charge in [0.1, 0.15) is 0 Å². The van der Waals surface area contributed by atoms with Gasteiger partial charge in [0.05, 0.1) is 17.1 Å². The molecule has 2 unspecified atom stereocenters. The molecule has 1 aliphatic rings. The van der Waals surface area contributed by atoms with Gasteiger partial charge in [-0.3, -0.25) is 0 Å². The predicted octanol–water partition coefficient (Wildman–Crippen LogP) is 2.32. The van der Waals surface area contributed by atoms with Crippen molar-refractivity contribution in [3.63, 3.8) is 0 Å². The zero-order valence-corrected chi connectivity index (χ0v) is 13.5. The Labute approximate surface area is 125 Å². The van der Waals surface area contributed by atoms with Crippen molar-refractivity contribution in [2.45, 2.75) is 37.9 Å². The summed E-state index contributed by atoms with van der Waals surface area (Å²) >= 11 is 5.81. The molecule has 1 aromatic rings. The molecule has 0 saturated carbocycles. The number of alkyl halides is 1. The van der Waals surface area contributed by atoms with Gasteiger partial charge in [0.15, 0.2) is 0 Å². The van der Waals surface area contributed by atoms with E-state index >= 15 is 0 Å². The Bertz CT molecular complexity index is 588. The van der Waals surface area contributed by atoms with E-state index in [1.807, 2.05) is 26.8 Å². The molecular weight excluding hydrogens is 298 g/mol. The molecule has 1 aliphatic heterocycles. The quantitative estimate of drug-likeness (QED) is 0.804. The highest BCUT2D eigenvalue weighted by atomic mass is 35.5. The average Bonchev–Trinajstić information content (AvgIpc) is 2.41. The first-order valence-corrected chi connectivity index (χ1v) is 8.61. The second kappa shape index (κ2) is 6.02. The summed E-state index contributed by atoms with van der Waals surface area (Å²) in [7, 11) is -3.48. The van der Waals surface area contributed by atoms with E-state index in [4.69, 9.17) is 16.3 Å². The first kappa shape index (κ1) is 15.8. The van der Waals surface area contributed by atoms with E-state index in [0.29, 0.717) is 23.9 Å². The number of hydrogen-bond donors (Lipinski definition) is 0. The van der Waals surface area contributed by atoms with Crippen molar-refractivity contribution < 1.29 is 13.2 Å². The van der Waals surface area contributed by atoms with Crippen LogP contribution in [0.5, 0.6) is 0 Å². The minimum atomic E-state index is -3.48. The van der Waals surface area contributed by atoms with Crippen LogP contribution in [0.2, 0.25) is 0 Å². The normalized spacial score (nSPS) is 24.8. The Hall–Kier alpha value is -0.620. The van der Waals surface area contributed by atoms with Crippen LogP contribution >= 0.6 is 11.6 Å². The highest BCUT2D eigenvalue weighted by molar-refractivity contribution is 7.89. The molecule has 1 heterocycles. The number of halogens is 1. The van der Waals surface area contributed by atoms with Crippen molar-refractivity contribution in [3.05, 3.63) is 29.3 Å². The first-order valence-electron chi connectivity index (χ1n) is 6.63. The number of ether oxygens (including phenoxy) is 1. The maximum absolute atomic E-state index is 12.7. The second-order valence-corrected chi connectivity index (χ2v) is 7.54. The van der Waals surface area contributed by atoms with Crippen LogP contribution in [0.15, 0.2) is 23.1 Å². The van der Waals surface area contributed by atoms with E-state index in [0.717, 1.165) is 11.1 Å². The van der Waals surface area contributed by atoms with Gasteiger partial charge in [0, 0.05) is 19.0 Å². The molecule has 2 rings (SSSR count). The summed E-state index contributed by atoms with van der Waals surface area (Å²) in [6, 6.07) is 5.22. The van der Waals surface area contributed by atoms with Gasteiger partial charge in [-0.1, -0.05) is 6.07 Å². The monoisotopic (exact) mass is 317 g/mol. The number of benzene rings is 1. The molecule has 0 radical (unpaired) electrons. The van der Waals surface area contributed by atoms with Crippen LogP contribution in [0.25, 0.3) is 0 Å². The Morgan fingerprint density at radius 3 is 2.60 bits per heavy atom. The first-order chi connectivity index (χ1) is 9.34. The molecule has 112 valence electrons. The predicted molar refractivity (Wildman–Crippen MR) is 79.7 cm³/mol. The van der Waals surface area contributed by atoms with Crippen molar-refractivity contribution in [2.75, 3.05) is 19.0 Å². The molecule has 1 saturated heterocycles. The number of rotatable bonds is 3. The van der Waals surface area contributed by atoms with Crippen molar-refractivity contribution in [3.8, 4) is 0 Å². The summed E-state index contributed by atoms with van der Waals surface area (Å²) in [6.07, 6.45) is -0.393. The number of nitrogens with zero attached hydrogens (tertiary/aromatic N) is 1. The molecule has 4 nitrogen and oxygen atoms in total. The Kier molecular flexibility index (Phi) is 4.74. The molecule has 0 aromatic heterocycles. The molecular formula is C14H20ClNO3S.